The van der Waals surface area contributed by atoms with Crippen LogP contribution >= 0.6 is 0 Å². The highest BCUT2D eigenvalue weighted by atomic mass is 28.3. The Labute approximate surface area is 289 Å². The zero-order chi connectivity index (χ0) is 33.9. The summed E-state index contributed by atoms with van der Waals surface area (Å²) >= 11 is 0. The maximum atomic E-state index is 2.69. The molecule has 47 heavy (non-hydrogen) atoms. The molecule has 2 fully saturated rings. The van der Waals surface area contributed by atoms with Gasteiger partial charge in [0, 0.05) is 0 Å². The third kappa shape index (κ3) is 6.06. The molecule has 2 saturated carbocycles. The molecule has 4 aliphatic rings. The molecule has 4 aliphatic carbocycles. The van der Waals surface area contributed by atoms with E-state index in [9.17, 15) is 0 Å². The van der Waals surface area contributed by atoms with Gasteiger partial charge in [0.2, 0.25) is 0 Å². The summed E-state index contributed by atoms with van der Waals surface area (Å²) in [5, 5.41) is 0. The van der Waals surface area contributed by atoms with Gasteiger partial charge in [-0.3, -0.25) is 0 Å². The van der Waals surface area contributed by atoms with Gasteiger partial charge < -0.3 is 0 Å². The van der Waals surface area contributed by atoms with Gasteiger partial charge in [0.25, 0.3) is 0 Å². The standard InChI is InChI=1S/C46H64Si/c1-12-47(13-2,43-31(5)28-41-36(16-14-18-38(41)43)32-20-24-34(25-21-32)45(6,7)8)44-39-19-15-17-37(42(39)29-40(44)30(3)4)33-22-26-35(27-23-33)46(9,10)11/h14-27,30-31,38-44H,12-13,28-29H2,1-11H3. The Bertz CT molecular complexity index is 1530. The van der Waals surface area contributed by atoms with Crippen molar-refractivity contribution in [3.05, 3.63) is 107 Å². The topological polar surface area (TPSA) is 0 Å². The highest BCUT2D eigenvalue weighted by Crippen LogP contribution is 2.67. The van der Waals surface area contributed by atoms with Gasteiger partial charge in [0.05, 0.1) is 8.07 Å². The minimum absolute atomic E-state index is 0.185. The molecule has 2 aromatic rings. The van der Waals surface area contributed by atoms with Gasteiger partial charge in [-0.25, -0.2) is 0 Å². The Balaban J connectivity index is 1.35. The lowest BCUT2D eigenvalue weighted by molar-refractivity contribution is 0.369. The average molecular weight is 645 g/mol. The SMILES string of the molecule is CC[Si](CC)(C1C(C)CC2C(c3ccc(C(C)(C)C)cc3)=CC=CC21)C1C2C=CC=C(c3ccc(C(C)(C)C)cc3)C2CC1C(C)C. The second-order valence-electron chi connectivity index (χ2n) is 18.4. The van der Waals surface area contributed by atoms with Gasteiger partial charge in [-0.15, -0.1) is 0 Å². The summed E-state index contributed by atoms with van der Waals surface area (Å²) in [5.41, 5.74) is 11.0. The Morgan fingerprint density at radius 3 is 1.47 bits per heavy atom. The van der Waals surface area contributed by atoms with Crippen LogP contribution in [0.3, 0.4) is 0 Å². The molecule has 252 valence electrons. The van der Waals surface area contributed by atoms with Gasteiger partial charge in [-0.05, 0) is 110 Å². The molecule has 0 amide bonds. The second kappa shape index (κ2) is 12.8. The summed E-state index contributed by atoms with van der Waals surface area (Å²) in [6.45, 7) is 26.9. The van der Waals surface area contributed by atoms with Crippen molar-refractivity contribution in [3.63, 3.8) is 0 Å². The van der Waals surface area contributed by atoms with Crippen LogP contribution in [-0.2, 0) is 10.8 Å². The van der Waals surface area contributed by atoms with Gasteiger partial charge in [-0.2, -0.15) is 0 Å². The minimum Gasteiger partial charge on any atom is -0.0808 e. The molecule has 8 atom stereocenters. The van der Waals surface area contributed by atoms with E-state index < -0.39 is 8.07 Å². The molecule has 0 saturated heterocycles. The van der Waals surface area contributed by atoms with E-state index in [1.165, 1.54) is 47.2 Å². The predicted molar refractivity (Wildman–Crippen MR) is 209 cm³/mol. The fourth-order valence-electron chi connectivity index (χ4n) is 11.3. The monoisotopic (exact) mass is 644 g/mol. The van der Waals surface area contributed by atoms with Crippen molar-refractivity contribution in [1.29, 1.82) is 0 Å². The lowest BCUT2D eigenvalue weighted by atomic mass is 9.80. The minimum atomic E-state index is -1.77. The Kier molecular flexibility index (Phi) is 9.40. The van der Waals surface area contributed by atoms with E-state index in [4.69, 9.17) is 0 Å². The number of fused-ring (bicyclic) bond motifs is 2. The fraction of sp³-hybridized carbons (Fsp3) is 0.565. The van der Waals surface area contributed by atoms with Gasteiger partial charge in [0.15, 0.2) is 0 Å². The number of rotatable bonds is 7. The number of hydrogen-bond donors (Lipinski definition) is 0. The first-order valence-electron chi connectivity index (χ1n) is 19.2. The van der Waals surface area contributed by atoms with Gasteiger partial charge in [0.1, 0.15) is 0 Å². The van der Waals surface area contributed by atoms with Gasteiger partial charge in [-0.1, -0.05) is 173 Å². The molecule has 0 aliphatic heterocycles. The van der Waals surface area contributed by atoms with Crippen molar-refractivity contribution in [3.8, 4) is 0 Å². The predicted octanol–water partition coefficient (Wildman–Crippen LogP) is 13.3. The summed E-state index contributed by atoms with van der Waals surface area (Å²) < 4.78 is 0. The van der Waals surface area contributed by atoms with Crippen LogP contribution in [0.1, 0.15) is 111 Å². The molecule has 0 aromatic heterocycles. The van der Waals surface area contributed by atoms with Crippen LogP contribution in [0, 0.1) is 41.4 Å². The highest BCUT2D eigenvalue weighted by molar-refractivity contribution is 6.83. The summed E-state index contributed by atoms with van der Waals surface area (Å²) in [4.78, 5) is 0. The fourth-order valence-corrected chi connectivity index (χ4v) is 19.0. The first-order valence-corrected chi connectivity index (χ1v) is 21.8. The molecule has 0 heterocycles. The Morgan fingerprint density at radius 2 is 1.06 bits per heavy atom. The third-order valence-corrected chi connectivity index (χ3v) is 20.7. The van der Waals surface area contributed by atoms with E-state index in [1.807, 2.05) is 0 Å². The zero-order valence-corrected chi connectivity index (χ0v) is 32.6. The largest absolute Gasteiger partial charge is 0.0808 e. The van der Waals surface area contributed by atoms with Crippen molar-refractivity contribution in [1.82, 2.24) is 0 Å². The van der Waals surface area contributed by atoms with Crippen molar-refractivity contribution in [2.45, 2.75) is 123 Å². The number of benzene rings is 2. The van der Waals surface area contributed by atoms with Crippen LogP contribution in [0.15, 0.2) is 85.0 Å². The van der Waals surface area contributed by atoms with E-state index in [2.05, 4.69) is 161 Å². The van der Waals surface area contributed by atoms with Crippen molar-refractivity contribution < 1.29 is 0 Å². The molecule has 0 bridgehead atoms. The zero-order valence-electron chi connectivity index (χ0n) is 31.6. The van der Waals surface area contributed by atoms with Crippen LogP contribution in [0.5, 0.6) is 0 Å². The van der Waals surface area contributed by atoms with Crippen molar-refractivity contribution in [2.24, 2.45) is 41.4 Å². The van der Waals surface area contributed by atoms with Crippen LogP contribution in [0.4, 0.5) is 0 Å². The van der Waals surface area contributed by atoms with E-state index in [0.717, 1.165) is 28.8 Å². The molecule has 6 rings (SSSR count). The number of hydrogen-bond acceptors (Lipinski definition) is 0. The summed E-state index contributed by atoms with van der Waals surface area (Å²) in [7, 11) is -1.77. The molecular formula is C46H64Si. The molecule has 0 nitrogen and oxygen atoms in total. The van der Waals surface area contributed by atoms with E-state index in [1.54, 1.807) is 11.1 Å². The third-order valence-electron chi connectivity index (χ3n) is 13.7. The average Bonchev–Trinajstić information content (AvgIpc) is 3.60. The second-order valence-corrected chi connectivity index (χ2v) is 23.6. The van der Waals surface area contributed by atoms with Crippen LogP contribution in [0.25, 0.3) is 11.1 Å². The summed E-state index contributed by atoms with van der Waals surface area (Å²) in [6.07, 6.45) is 17.9. The maximum Gasteiger partial charge on any atom is 0.0610 e. The van der Waals surface area contributed by atoms with E-state index in [-0.39, 0.29) is 10.8 Å². The first kappa shape index (κ1) is 34.5. The van der Waals surface area contributed by atoms with Crippen LogP contribution in [0.2, 0.25) is 23.2 Å². The highest BCUT2D eigenvalue weighted by Gasteiger charge is 2.61. The Hall–Kier alpha value is -2.38. The smallest absolute Gasteiger partial charge is 0.0610 e. The van der Waals surface area contributed by atoms with Crippen LogP contribution in [-0.4, -0.2) is 8.07 Å². The quantitative estimate of drug-likeness (QED) is 0.263. The van der Waals surface area contributed by atoms with E-state index >= 15 is 0 Å². The maximum absolute atomic E-state index is 2.69. The van der Waals surface area contributed by atoms with Gasteiger partial charge >= 0.3 is 0 Å². The summed E-state index contributed by atoms with van der Waals surface area (Å²) in [6, 6.07) is 22.1. The molecule has 0 N–H and O–H groups in total. The molecule has 1 heteroatoms. The van der Waals surface area contributed by atoms with Crippen molar-refractivity contribution >= 4 is 19.2 Å². The number of allylic oxidation sites excluding steroid dienone is 8. The normalized spacial score (nSPS) is 30.7. The molecule has 0 radical (unpaired) electrons. The molecule has 0 spiro atoms. The van der Waals surface area contributed by atoms with E-state index in [0.29, 0.717) is 23.7 Å². The van der Waals surface area contributed by atoms with Crippen LogP contribution < -0.4 is 0 Å². The summed E-state index contributed by atoms with van der Waals surface area (Å²) in [5.74, 6) is 4.95. The lowest BCUT2D eigenvalue weighted by Gasteiger charge is -2.50. The first-order chi connectivity index (χ1) is 22.2. The molecule has 8 unspecified atom stereocenters. The Morgan fingerprint density at radius 1 is 0.638 bits per heavy atom. The van der Waals surface area contributed by atoms with Crippen molar-refractivity contribution in [2.75, 3.05) is 0 Å². The molecular weight excluding hydrogens is 581 g/mol. The molecule has 2 aromatic carbocycles. The lowest BCUT2D eigenvalue weighted by Crippen LogP contribution is -2.50.